The first-order chi connectivity index (χ1) is 31.8. The maximum Gasteiger partial charge on any atom is 0.235 e. The number of rotatable bonds is 10. The molecule has 3 N–H and O–H groups in total. The minimum atomic E-state index is 0.257. The molecule has 0 saturated heterocycles. The predicted molar refractivity (Wildman–Crippen MR) is 255 cm³/mol. The van der Waals surface area contributed by atoms with E-state index in [9.17, 15) is 0 Å². The van der Waals surface area contributed by atoms with E-state index in [1.165, 1.54) is 23.1 Å². The summed E-state index contributed by atoms with van der Waals surface area (Å²) in [7, 11) is 3.28. The zero-order chi connectivity index (χ0) is 45.1. The smallest absolute Gasteiger partial charge is 0.235 e. The number of nitrogens with one attached hydrogen (secondary N) is 1. The molecule has 0 aliphatic carbocycles. The Kier molecular flexibility index (Phi) is 14.1. The first-order valence-electron chi connectivity index (χ1n) is 19.9. The average Bonchev–Trinajstić information content (AvgIpc) is 4.02. The Bertz CT molecular complexity index is 3220. The summed E-state index contributed by atoms with van der Waals surface area (Å²) < 4.78 is 19.2. The largest absolute Gasteiger partial charge is 0.494 e. The highest BCUT2D eigenvalue weighted by atomic mass is 35.5. The highest BCUT2D eigenvalue weighted by Crippen LogP contribution is 2.31. The lowest BCUT2D eigenvalue weighted by atomic mass is 10.1. The molecule has 19 heteroatoms. The molecule has 65 heavy (non-hydrogen) atoms. The van der Waals surface area contributed by atoms with Crippen LogP contribution in [0.1, 0.15) is 22.5 Å². The molecule has 324 valence electrons. The predicted octanol–water partition coefficient (Wildman–Crippen LogP) is 9.26. The van der Waals surface area contributed by atoms with Crippen molar-refractivity contribution in [2.24, 2.45) is 5.73 Å². The van der Waals surface area contributed by atoms with Gasteiger partial charge >= 0.3 is 0 Å². The number of hydrogen-bond donors (Lipinski definition) is 2. The van der Waals surface area contributed by atoms with Gasteiger partial charge in [0, 0.05) is 83.6 Å². The standard InChI is InChI=1S/C23H19N7OS.C13H15N3O.C10H5ClN4S/c1-14-8-17(5-7-24-14)21-20(31-2)9-15(11-27-21)12-28-23-29-22(32-30-23)18-10-16-4-3-6-25-19(16)13-26-18;1-9-5-11(3-4-15-9)13-12(17-2)6-10(7-14)8-16-13;11-10-14-9(16-15-10)7-4-6-2-1-3-12-8(6)5-13-7/h3-11,13H,12H2,1-2H3,(H,28,30);3-6,8H,7,14H2,1-2H3;1-5H. The topological polar surface area (TPSA) is 211 Å². The highest BCUT2D eigenvalue weighted by molar-refractivity contribution is 7.09. The summed E-state index contributed by atoms with van der Waals surface area (Å²) in [4.78, 5) is 43.3. The van der Waals surface area contributed by atoms with Crippen molar-refractivity contribution < 1.29 is 9.47 Å². The van der Waals surface area contributed by atoms with Crippen molar-refractivity contribution in [1.82, 2.24) is 58.6 Å². The van der Waals surface area contributed by atoms with Gasteiger partial charge in [0.25, 0.3) is 0 Å². The molecule has 0 fully saturated rings. The Labute approximate surface area is 386 Å². The van der Waals surface area contributed by atoms with Gasteiger partial charge in [-0.3, -0.25) is 39.9 Å². The van der Waals surface area contributed by atoms with Crippen LogP contribution in [0.4, 0.5) is 5.95 Å². The lowest BCUT2D eigenvalue weighted by Gasteiger charge is -2.10. The maximum absolute atomic E-state index is 5.68. The number of methoxy groups -OCH3 is 2. The Hall–Kier alpha value is -7.51. The third-order valence-corrected chi connectivity index (χ3v) is 11.3. The van der Waals surface area contributed by atoms with Gasteiger partial charge in [-0.1, -0.05) is 12.1 Å². The Morgan fingerprint density at radius 1 is 0.585 bits per heavy atom. The van der Waals surface area contributed by atoms with Gasteiger partial charge in [-0.05, 0) is 120 Å². The molecule has 10 aromatic heterocycles. The zero-order valence-electron chi connectivity index (χ0n) is 35.4. The van der Waals surface area contributed by atoms with Gasteiger partial charge in [0.1, 0.15) is 34.3 Å². The van der Waals surface area contributed by atoms with Crippen LogP contribution in [-0.2, 0) is 13.1 Å². The summed E-state index contributed by atoms with van der Waals surface area (Å²) in [5, 5.41) is 7.02. The first-order valence-corrected chi connectivity index (χ1v) is 21.8. The zero-order valence-corrected chi connectivity index (χ0v) is 37.8. The maximum atomic E-state index is 5.68. The van der Waals surface area contributed by atoms with Gasteiger partial charge in [-0.2, -0.15) is 13.7 Å². The van der Waals surface area contributed by atoms with Crippen molar-refractivity contribution in [2.75, 3.05) is 19.5 Å². The molecule has 0 radical (unpaired) electrons. The average molecular weight is 920 g/mol. The fourth-order valence-corrected chi connectivity index (χ4v) is 7.77. The number of hydrogen-bond acceptors (Lipinski definition) is 18. The third-order valence-electron chi connectivity index (χ3n) is 9.53. The van der Waals surface area contributed by atoms with Crippen molar-refractivity contribution in [1.29, 1.82) is 0 Å². The van der Waals surface area contributed by atoms with Crippen molar-refractivity contribution in [3.63, 3.8) is 0 Å². The fourth-order valence-electron chi connectivity index (χ4n) is 6.38. The second kappa shape index (κ2) is 20.8. The Balaban J connectivity index is 0.000000147. The summed E-state index contributed by atoms with van der Waals surface area (Å²) in [6, 6.07) is 23.4. The molecule has 16 nitrogen and oxygen atoms in total. The van der Waals surface area contributed by atoms with Crippen molar-refractivity contribution in [2.45, 2.75) is 26.9 Å². The van der Waals surface area contributed by atoms with Gasteiger partial charge in [-0.25, -0.2) is 4.98 Å². The molecule has 10 heterocycles. The van der Waals surface area contributed by atoms with Crippen LogP contribution in [0, 0.1) is 13.8 Å². The van der Waals surface area contributed by atoms with E-state index < -0.39 is 0 Å². The molecule has 0 aliphatic rings. The van der Waals surface area contributed by atoms with Crippen molar-refractivity contribution in [3.8, 4) is 55.4 Å². The number of aryl methyl sites for hydroxylation is 2. The molecule has 0 spiro atoms. The molecule has 0 unspecified atom stereocenters. The molecule has 0 bridgehead atoms. The van der Waals surface area contributed by atoms with E-state index in [-0.39, 0.29) is 5.28 Å². The van der Waals surface area contributed by atoms with Crippen LogP contribution in [0.15, 0.2) is 122 Å². The third kappa shape index (κ3) is 11.0. The first kappa shape index (κ1) is 44.1. The molecular weight excluding hydrogens is 880 g/mol. The minimum Gasteiger partial charge on any atom is -0.494 e. The van der Waals surface area contributed by atoms with Crippen LogP contribution < -0.4 is 20.5 Å². The Morgan fingerprint density at radius 2 is 1.12 bits per heavy atom. The molecule has 0 aromatic carbocycles. The SMILES string of the molecule is COc1cc(CN)cnc1-c1ccnc(C)c1.COc1cc(CNc2nsc(-c3cc4cccnc4cn3)n2)cnc1-c1ccnc(C)c1.Clc1nsc(-c2cc3cccnc3cn2)n1. The number of nitrogens with two attached hydrogens (primary N) is 1. The fraction of sp³-hybridized carbons (Fsp3) is 0.130. The summed E-state index contributed by atoms with van der Waals surface area (Å²) >= 11 is 8.21. The normalized spacial score (nSPS) is 10.7. The molecule has 10 rings (SSSR count). The van der Waals surface area contributed by atoms with Crippen molar-refractivity contribution in [3.05, 3.63) is 150 Å². The summed E-state index contributed by atoms with van der Waals surface area (Å²) in [6.45, 7) is 4.88. The van der Waals surface area contributed by atoms with Crippen LogP contribution >= 0.6 is 34.7 Å². The number of pyridine rings is 8. The number of halogens is 1. The van der Waals surface area contributed by atoms with E-state index >= 15 is 0 Å². The summed E-state index contributed by atoms with van der Waals surface area (Å²) in [6.07, 6.45) is 14.1. The molecule has 0 saturated carbocycles. The van der Waals surface area contributed by atoms with E-state index in [0.29, 0.717) is 24.8 Å². The number of ether oxygens (including phenoxy) is 2. The lowest BCUT2D eigenvalue weighted by Crippen LogP contribution is -2.03. The second-order valence-electron chi connectivity index (χ2n) is 14.0. The highest BCUT2D eigenvalue weighted by Gasteiger charge is 2.13. The van der Waals surface area contributed by atoms with E-state index in [0.717, 1.165) is 94.0 Å². The van der Waals surface area contributed by atoms with Gasteiger partial charge in [0.15, 0.2) is 10.0 Å². The number of fused-ring (bicyclic) bond motifs is 2. The Morgan fingerprint density at radius 3 is 1.65 bits per heavy atom. The van der Waals surface area contributed by atoms with Gasteiger partial charge in [0.05, 0.1) is 37.6 Å². The van der Waals surface area contributed by atoms with Crippen LogP contribution in [0.2, 0.25) is 5.28 Å². The van der Waals surface area contributed by atoms with Gasteiger partial charge in [-0.15, -0.1) is 0 Å². The van der Waals surface area contributed by atoms with Crippen LogP contribution in [0.25, 0.3) is 65.7 Å². The monoisotopic (exact) mass is 918 g/mol. The molecule has 0 aliphatic heterocycles. The second-order valence-corrected chi connectivity index (χ2v) is 15.9. The molecule has 0 amide bonds. The van der Waals surface area contributed by atoms with Gasteiger partial charge < -0.3 is 20.5 Å². The molecule has 0 atom stereocenters. The number of nitrogens with zero attached hydrogens (tertiary/aromatic N) is 12. The summed E-state index contributed by atoms with van der Waals surface area (Å²) in [5.41, 5.74) is 16.2. The van der Waals surface area contributed by atoms with Crippen LogP contribution in [-0.4, -0.2) is 72.8 Å². The summed E-state index contributed by atoms with van der Waals surface area (Å²) in [5.74, 6) is 1.99. The van der Waals surface area contributed by atoms with Crippen molar-refractivity contribution >= 4 is 62.4 Å². The molecule has 10 aromatic rings. The van der Waals surface area contributed by atoms with E-state index in [1.807, 2.05) is 92.8 Å². The van der Waals surface area contributed by atoms with E-state index in [1.54, 1.807) is 57.6 Å². The number of aromatic nitrogens is 12. The number of anilines is 1. The van der Waals surface area contributed by atoms with E-state index in [4.69, 9.17) is 26.8 Å². The minimum absolute atomic E-state index is 0.257. The van der Waals surface area contributed by atoms with Gasteiger partial charge in [0.2, 0.25) is 11.2 Å². The molecular formula is C46H39ClN14O2S2. The van der Waals surface area contributed by atoms with E-state index in [2.05, 4.69) is 63.9 Å². The van der Waals surface area contributed by atoms with Crippen LogP contribution in [0.3, 0.4) is 0 Å². The van der Waals surface area contributed by atoms with Crippen LogP contribution in [0.5, 0.6) is 11.5 Å². The quantitative estimate of drug-likeness (QED) is 0.131. The lowest BCUT2D eigenvalue weighted by molar-refractivity contribution is 0.414.